The van der Waals surface area contributed by atoms with Gasteiger partial charge in [-0.25, -0.2) is 14.8 Å². The van der Waals surface area contributed by atoms with Crippen LogP contribution in [0.3, 0.4) is 0 Å². The Hall–Kier alpha value is -3.02. The fourth-order valence-corrected chi connectivity index (χ4v) is 2.02. The molecule has 0 saturated heterocycles. The summed E-state index contributed by atoms with van der Waals surface area (Å²) in [5.74, 6) is -0.643. The molecule has 0 aliphatic carbocycles. The highest BCUT2D eigenvalue weighted by atomic mass is 16.5. The van der Waals surface area contributed by atoms with Crippen LogP contribution in [-0.2, 0) is 0 Å². The van der Waals surface area contributed by atoms with Gasteiger partial charge in [0.15, 0.2) is 5.75 Å². The van der Waals surface area contributed by atoms with Crippen LogP contribution in [0.15, 0.2) is 42.9 Å². The van der Waals surface area contributed by atoms with Gasteiger partial charge in [0.05, 0.1) is 11.7 Å². The third kappa shape index (κ3) is 2.51. The molecule has 0 atom stereocenters. The summed E-state index contributed by atoms with van der Waals surface area (Å²) in [5, 5.41) is 9.98. The monoisotopic (exact) mass is 281 g/mol. The Kier molecular flexibility index (Phi) is 3.19. The minimum absolute atomic E-state index is 0.0665. The molecule has 6 nitrogen and oxygen atoms in total. The van der Waals surface area contributed by atoms with Crippen LogP contribution in [0.25, 0.3) is 10.9 Å². The van der Waals surface area contributed by atoms with E-state index in [0.29, 0.717) is 10.9 Å². The number of aryl methyl sites for hydroxylation is 1. The van der Waals surface area contributed by atoms with Crippen molar-refractivity contribution < 1.29 is 14.6 Å². The van der Waals surface area contributed by atoms with E-state index >= 15 is 0 Å². The Labute approximate surface area is 120 Å². The van der Waals surface area contributed by atoms with Gasteiger partial charge in [-0.1, -0.05) is 18.2 Å². The molecule has 21 heavy (non-hydrogen) atoms. The van der Waals surface area contributed by atoms with Crippen molar-refractivity contribution in [1.82, 2.24) is 15.0 Å². The molecular weight excluding hydrogens is 270 g/mol. The van der Waals surface area contributed by atoms with Crippen molar-refractivity contribution in [3.8, 4) is 11.6 Å². The van der Waals surface area contributed by atoms with Crippen LogP contribution in [-0.4, -0.2) is 26.0 Å². The second-order valence-electron chi connectivity index (χ2n) is 4.42. The summed E-state index contributed by atoms with van der Waals surface area (Å²) in [6.07, 6.45) is 2.75. The number of ether oxygens (including phenoxy) is 1. The molecule has 2 heterocycles. The van der Waals surface area contributed by atoms with Crippen molar-refractivity contribution in [2.75, 3.05) is 0 Å². The largest absolute Gasteiger partial charge is 0.478 e. The first-order chi connectivity index (χ1) is 10.1. The zero-order chi connectivity index (χ0) is 14.8. The maximum Gasteiger partial charge on any atom is 0.340 e. The zero-order valence-corrected chi connectivity index (χ0v) is 11.1. The highest BCUT2D eigenvalue weighted by Gasteiger charge is 2.17. The van der Waals surface area contributed by atoms with Crippen molar-refractivity contribution in [2.45, 2.75) is 6.92 Å². The molecule has 1 N–H and O–H groups in total. The average molecular weight is 281 g/mol. The van der Waals surface area contributed by atoms with Crippen LogP contribution in [0.5, 0.6) is 11.6 Å². The summed E-state index contributed by atoms with van der Waals surface area (Å²) in [6.45, 7) is 1.80. The number of aromatic carboxylic acids is 1. The van der Waals surface area contributed by atoms with Crippen molar-refractivity contribution >= 4 is 16.9 Å². The van der Waals surface area contributed by atoms with Crippen LogP contribution in [0, 0.1) is 6.92 Å². The second-order valence-corrected chi connectivity index (χ2v) is 4.42. The molecule has 0 aliphatic heterocycles. The molecule has 3 rings (SSSR count). The molecule has 1 aromatic carbocycles. The molecule has 0 bridgehead atoms. The van der Waals surface area contributed by atoms with Gasteiger partial charge in [-0.2, -0.15) is 0 Å². The number of nitrogens with zero attached hydrogens (tertiary/aromatic N) is 3. The fourth-order valence-electron chi connectivity index (χ4n) is 2.02. The predicted molar refractivity (Wildman–Crippen MR) is 75.5 cm³/mol. The first-order valence-corrected chi connectivity index (χ1v) is 6.22. The Morgan fingerprint density at radius 1 is 1.19 bits per heavy atom. The lowest BCUT2D eigenvalue weighted by atomic mass is 10.1. The summed E-state index contributed by atoms with van der Waals surface area (Å²) < 4.78 is 5.57. The number of aromatic nitrogens is 3. The fraction of sp³-hybridized carbons (Fsp3) is 0.0667. The Bertz CT molecular complexity index is 833. The number of pyridine rings is 1. The van der Waals surface area contributed by atoms with Gasteiger partial charge in [-0.15, -0.1) is 0 Å². The number of para-hydroxylation sites is 1. The smallest absolute Gasteiger partial charge is 0.340 e. The molecule has 0 unspecified atom stereocenters. The van der Waals surface area contributed by atoms with Gasteiger partial charge < -0.3 is 9.84 Å². The highest BCUT2D eigenvalue weighted by molar-refractivity contribution is 6.04. The minimum Gasteiger partial charge on any atom is -0.478 e. The van der Waals surface area contributed by atoms with Gasteiger partial charge in [0.1, 0.15) is 11.9 Å². The number of carboxylic acids is 1. The Morgan fingerprint density at radius 2 is 2.00 bits per heavy atom. The number of fused-ring (bicyclic) bond motifs is 1. The number of benzene rings is 1. The Balaban J connectivity index is 2.14. The van der Waals surface area contributed by atoms with E-state index in [1.807, 2.05) is 0 Å². The summed E-state index contributed by atoms with van der Waals surface area (Å²) in [6, 6.07) is 8.63. The number of carboxylic acid groups (broad SMARTS) is 1. The predicted octanol–water partition coefficient (Wildman–Crippen LogP) is 2.82. The summed E-state index contributed by atoms with van der Waals surface area (Å²) in [4.78, 5) is 23.7. The zero-order valence-electron chi connectivity index (χ0n) is 11.1. The average Bonchev–Trinajstić information content (AvgIpc) is 2.46. The van der Waals surface area contributed by atoms with E-state index in [-0.39, 0.29) is 17.2 Å². The van der Waals surface area contributed by atoms with Crippen molar-refractivity contribution in [2.24, 2.45) is 0 Å². The van der Waals surface area contributed by atoms with Crippen molar-refractivity contribution in [3.05, 3.63) is 54.1 Å². The Morgan fingerprint density at radius 3 is 2.76 bits per heavy atom. The van der Waals surface area contributed by atoms with Crippen LogP contribution < -0.4 is 4.74 Å². The van der Waals surface area contributed by atoms with Gasteiger partial charge in [0, 0.05) is 17.1 Å². The van der Waals surface area contributed by atoms with Crippen LogP contribution >= 0.6 is 0 Å². The van der Waals surface area contributed by atoms with E-state index in [1.54, 1.807) is 37.3 Å². The van der Waals surface area contributed by atoms with Gasteiger partial charge in [0.2, 0.25) is 5.88 Å². The molecular formula is C15H11N3O3. The van der Waals surface area contributed by atoms with E-state index in [0.717, 1.165) is 5.69 Å². The lowest BCUT2D eigenvalue weighted by molar-refractivity contribution is 0.0696. The van der Waals surface area contributed by atoms with E-state index < -0.39 is 5.97 Å². The number of rotatable bonds is 3. The van der Waals surface area contributed by atoms with E-state index in [4.69, 9.17) is 4.74 Å². The SMILES string of the molecule is Cc1cc(Oc2cnc3ccccc3c2C(=O)O)ncn1. The lowest BCUT2D eigenvalue weighted by Crippen LogP contribution is -2.03. The van der Waals surface area contributed by atoms with E-state index in [1.165, 1.54) is 12.5 Å². The number of hydrogen-bond donors (Lipinski definition) is 1. The molecule has 2 aromatic heterocycles. The second kappa shape index (κ2) is 5.16. The first-order valence-electron chi connectivity index (χ1n) is 6.22. The van der Waals surface area contributed by atoms with Gasteiger partial charge in [-0.3, -0.25) is 4.98 Å². The molecule has 0 aliphatic rings. The molecule has 3 aromatic rings. The molecule has 0 spiro atoms. The van der Waals surface area contributed by atoms with E-state index in [2.05, 4.69) is 15.0 Å². The van der Waals surface area contributed by atoms with Crippen LogP contribution in [0.4, 0.5) is 0 Å². The normalized spacial score (nSPS) is 10.5. The van der Waals surface area contributed by atoms with Gasteiger partial charge in [-0.05, 0) is 13.0 Å². The van der Waals surface area contributed by atoms with Crippen molar-refractivity contribution in [3.63, 3.8) is 0 Å². The third-order valence-electron chi connectivity index (χ3n) is 2.95. The first kappa shape index (κ1) is 13.0. The molecule has 0 radical (unpaired) electrons. The van der Waals surface area contributed by atoms with Gasteiger partial charge >= 0.3 is 5.97 Å². The van der Waals surface area contributed by atoms with E-state index in [9.17, 15) is 9.90 Å². The molecule has 6 heteroatoms. The minimum atomic E-state index is -1.07. The van der Waals surface area contributed by atoms with Crippen molar-refractivity contribution in [1.29, 1.82) is 0 Å². The number of hydrogen-bond acceptors (Lipinski definition) is 5. The van der Waals surface area contributed by atoms with Crippen LogP contribution in [0.2, 0.25) is 0 Å². The maximum atomic E-state index is 11.6. The highest BCUT2D eigenvalue weighted by Crippen LogP contribution is 2.29. The quantitative estimate of drug-likeness (QED) is 0.794. The summed E-state index contributed by atoms with van der Waals surface area (Å²) in [5.41, 5.74) is 1.39. The lowest BCUT2D eigenvalue weighted by Gasteiger charge is -2.10. The van der Waals surface area contributed by atoms with Gasteiger partial charge in [0.25, 0.3) is 0 Å². The standard InChI is InChI=1S/C15H11N3O3/c1-9-6-13(18-8-17-9)21-12-7-16-11-5-3-2-4-10(11)14(12)15(19)20/h2-8H,1H3,(H,19,20). The topological polar surface area (TPSA) is 85.2 Å². The molecule has 0 saturated carbocycles. The third-order valence-corrected chi connectivity index (χ3v) is 2.95. The number of carbonyl (C=O) groups is 1. The maximum absolute atomic E-state index is 11.6. The molecule has 0 fully saturated rings. The molecule has 0 amide bonds. The summed E-state index contributed by atoms with van der Waals surface area (Å²) >= 11 is 0. The summed E-state index contributed by atoms with van der Waals surface area (Å²) in [7, 11) is 0. The molecule has 104 valence electrons. The van der Waals surface area contributed by atoms with Crippen LogP contribution in [0.1, 0.15) is 16.1 Å².